The van der Waals surface area contributed by atoms with E-state index in [0.717, 1.165) is 122 Å². The van der Waals surface area contributed by atoms with Gasteiger partial charge in [-0.3, -0.25) is 14.4 Å². The minimum Gasteiger partial charge on any atom is -0.479 e. The first-order valence-corrected chi connectivity index (χ1v) is 29.5. The zero-order valence-electron chi connectivity index (χ0n) is 48.3. The Labute approximate surface area is 475 Å². The molecule has 0 amide bonds. The molecule has 1 saturated heterocycles. The molecule has 1 rings (SSSR count). The zero-order chi connectivity index (χ0) is 57.5. The van der Waals surface area contributed by atoms with E-state index in [1.807, 2.05) is 18.2 Å². The molecule has 12 heteroatoms. The van der Waals surface area contributed by atoms with Gasteiger partial charge >= 0.3 is 23.9 Å². The number of aliphatic carboxylic acids is 1. The van der Waals surface area contributed by atoms with E-state index in [1.165, 1.54) is 0 Å². The van der Waals surface area contributed by atoms with Crippen molar-refractivity contribution in [3.05, 3.63) is 158 Å². The lowest BCUT2D eigenvalue weighted by Crippen LogP contribution is -2.61. The third kappa shape index (κ3) is 42.9. The van der Waals surface area contributed by atoms with Gasteiger partial charge in [-0.2, -0.15) is 0 Å². The van der Waals surface area contributed by atoms with Crippen LogP contribution in [0.1, 0.15) is 188 Å². The van der Waals surface area contributed by atoms with E-state index in [0.29, 0.717) is 25.7 Å². The van der Waals surface area contributed by atoms with E-state index in [4.69, 9.17) is 23.7 Å². The maximum Gasteiger partial charge on any atom is 0.335 e. The molecular weight excluding hydrogens is 997 g/mol. The van der Waals surface area contributed by atoms with Crippen LogP contribution >= 0.6 is 0 Å². The molecule has 79 heavy (non-hydrogen) atoms. The molecule has 1 fully saturated rings. The largest absolute Gasteiger partial charge is 0.479 e. The Bertz CT molecular complexity index is 1980. The average Bonchev–Trinajstić information content (AvgIpc) is 3.44. The van der Waals surface area contributed by atoms with Crippen molar-refractivity contribution in [2.24, 2.45) is 0 Å². The summed E-state index contributed by atoms with van der Waals surface area (Å²) in [6.45, 7) is 5.55. The number of allylic oxidation sites excluding steroid dienone is 26. The summed E-state index contributed by atoms with van der Waals surface area (Å²) < 4.78 is 28.3. The molecule has 6 unspecified atom stereocenters. The number of unbranched alkanes of at least 4 members (excludes halogenated alkanes) is 7. The molecule has 1 aliphatic heterocycles. The predicted octanol–water partition coefficient (Wildman–Crippen LogP) is 15.3. The molecule has 1 aliphatic rings. The van der Waals surface area contributed by atoms with Gasteiger partial charge in [0.25, 0.3) is 0 Å². The third-order valence-electron chi connectivity index (χ3n) is 12.1. The lowest BCUT2D eigenvalue weighted by atomic mass is 9.98. The Hall–Kier alpha value is -5.66. The van der Waals surface area contributed by atoms with E-state index in [-0.39, 0.29) is 25.9 Å². The molecule has 0 radical (unpaired) electrons. The molecule has 0 spiro atoms. The van der Waals surface area contributed by atoms with Crippen molar-refractivity contribution in [1.29, 1.82) is 0 Å². The van der Waals surface area contributed by atoms with Crippen LogP contribution in [0.5, 0.6) is 0 Å². The number of aliphatic hydroxyl groups excluding tert-OH is 2. The van der Waals surface area contributed by atoms with E-state index < -0.39 is 67.3 Å². The van der Waals surface area contributed by atoms with E-state index in [9.17, 15) is 34.5 Å². The fourth-order valence-electron chi connectivity index (χ4n) is 7.69. The Morgan fingerprint density at radius 3 is 1.23 bits per heavy atom. The van der Waals surface area contributed by atoms with Crippen LogP contribution in [0.3, 0.4) is 0 Å². The maximum atomic E-state index is 13.1. The van der Waals surface area contributed by atoms with Gasteiger partial charge in [0.15, 0.2) is 24.6 Å². The monoisotopic (exact) mass is 1100 g/mol. The summed E-state index contributed by atoms with van der Waals surface area (Å²) in [5.74, 6) is -3.34. The summed E-state index contributed by atoms with van der Waals surface area (Å²) >= 11 is 0. The van der Waals surface area contributed by atoms with E-state index in [1.54, 1.807) is 0 Å². The number of rotatable bonds is 47. The number of carboxylic acids is 1. The summed E-state index contributed by atoms with van der Waals surface area (Å²) in [6, 6.07) is 0. The summed E-state index contributed by atoms with van der Waals surface area (Å²) in [4.78, 5) is 51.1. The van der Waals surface area contributed by atoms with Crippen LogP contribution in [0.2, 0.25) is 0 Å². The molecule has 3 N–H and O–H groups in total. The second-order valence-electron chi connectivity index (χ2n) is 19.1. The summed E-state index contributed by atoms with van der Waals surface area (Å²) in [6.07, 6.45) is 65.1. The van der Waals surface area contributed by atoms with Gasteiger partial charge in [0.1, 0.15) is 18.8 Å². The second kappa shape index (κ2) is 53.0. The number of ether oxygens (including phenoxy) is 5. The number of carbonyl (C=O) groups is 4. The first-order chi connectivity index (χ1) is 38.6. The van der Waals surface area contributed by atoms with Gasteiger partial charge in [-0.15, -0.1) is 0 Å². The van der Waals surface area contributed by atoms with Crippen LogP contribution < -0.4 is 0 Å². The van der Waals surface area contributed by atoms with Crippen molar-refractivity contribution in [2.45, 2.75) is 225 Å². The smallest absolute Gasteiger partial charge is 0.335 e. The minimum absolute atomic E-state index is 0.0807. The third-order valence-corrected chi connectivity index (χ3v) is 12.1. The minimum atomic E-state index is -1.95. The van der Waals surface area contributed by atoms with Crippen LogP contribution in [-0.2, 0) is 42.9 Å². The van der Waals surface area contributed by atoms with Crippen molar-refractivity contribution < 1.29 is 58.2 Å². The number of esters is 3. The van der Waals surface area contributed by atoms with Gasteiger partial charge in [-0.1, -0.05) is 198 Å². The number of aliphatic hydroxyl groups is 2. The first-order valence-electron chi connectivity index (χ1n) is 29.5. The Balaban J connectivity index is 2.79. The van der Waals surface area contributed by atoms with Crippen LogP contribution in [0, 0.1) is 0 Å². The molecule has 0 saturated carbocycles. The van der Waals surface area contributed by atoms with Crippen molar-refractivity contribution in [3.8, 4) is 0 Å². The molecule has 0 aromatic heterocycles. The zero-order valence-corrected chi connectivity index (χ0v) is 48.3. The van der Waals surface area contributed by atoms with Crippen molar-refractivity contribution in [1.82, 2.24) is 0 Å². The molecule has 440 valence electrons. The predicted molar refractivity (Wildman–Crippen MR) is 321 cm³/mol. The number of hydrogen-bond acceptors (Lipinski definition) is 11. The SMILES string of the molecule is CC/C=C\C/C=C\C/C=C\C/C=C\C/C=C\C/C=C\CCC(=O)OC1C(OCC(COC(=O)CCCC/C=C\C/C=C\C/C=C\C/C=C\CC)OC(=O)CCCCCCC/C=C\C/C=C\C/C=C\CC)OC(C(=O)O)C(O)C1O. The molecule has 0 aliphatic carbocycles. The lowest BCUT2D eigenvalue weighted by molar-refractivity contribution is -0.301. The Kier molecular flexibility index (Phi) is 47.9. The van der Waals surface area contributed by atoms with Crippen molar-refractivity contribution in [3.63, 3.8) is 0 Å². The molecule has 12 nitrogen and oxygen atoms in total. The average molecular weight is 1100 g/mol. The topological polar surface area (TPSA) is 175 Å². The molecule has 1 heterocycles. The first kappa shape index (κ1) is 71.4. The molecule has 0 aromatic rings. The van der Waals surface area contributed by atoms with Gasteiger partial charge in [0, 0.05) is 19.3 Å². The molecule has 6 atom stereocenters. The number of hydrogen-bond donors (Lipinski definition) is 3. The second-order valence-corrected chi connectivity index (χ2v) is 19.1. The lowest BCUT2D eigenvalue weighted by Gasteiger charge is -2.40. The Morgan fingerprint density at radius 2 is 0.785 bits per heavy atom. The van der Waals surface area contributed by atoms with Crippen LogP contribution in [0.25, 0.3) is 0 Å². The number of carbonyl (C=O) groups excluding carboxylic acids is 3. The highest BCUT2D eigenvalue weighted by atomic mass is 16.7. The highest BCUT2D eigenvalue weighted by molar-refractivity contribution is 5.74. The van der Waals surface area contributed by atoms with Crippen molar-refractivity contribution in [2.75, 3.05) is 13.2 Å². The summed E-state index contributed by atoms with van der Waals surface area (Å²) in [5.41, 5.74) is 0. The fourth-order valence-corrected chi connectivity index (χ4v) is 7.69. The Morgan fingerprint density at radius 1 is 0.418 bits per heavy atom. The maximum absolute atomic E-state index is 13.1. The summed E-state index contributed by atoms with van der Waals surface area (Å²) in [5, 5.41) is 31.5. The van der Waals surface area contributed by atoms with Crippen molar-refractivity contribution >= 4 is 23.9 Å². The van der Waals surface area contributed by atoms with Crippen LogP contribution in [0.15, 0.2) is 158 Å². The molecule has 0 bridgehead atoms. The quantitative estimate of drug-likeness (QED) is 0.0228. The molecular formula is C67H100O12. The van der Waals surface area contributed by atoms with Crippen LogP contribution in [-0.4, -0.2) is 89.2 Å². The highest BCUT2D eigenvalue weighted by Crippen LogP contribution is 2.26. The van der Waals surface area contributed by atoms with Gasteiger partial charge in [-0.25, -0.2) is 4.79 Å². The standard InChI is InChI=1S/C67H100O12/c1-4-7-10-13-16-19-22-25-28-29-30-31-34-37-40-43-46-49-52-55-61(70)78-65-63(72)62(71)64(66(73)74)79-67(65)76-57-58(77-60(69)54-51-48-45-42-39-36-33-27-24-21-18-15-12-9-6-3)56-75-59(68)53-50-47-44-41-38-35-32-26-23-20-17-14-11-8-5-2/h7-12,16-21,25-28,30-33,37-38,40-41,46,49,58,62-65,67,71-72H,4-6,13-15,22-24,29,34-36,39,42-45,47-48,50-57H2,1-3H3,(H,73,74)/b10-7-,11-8-,12-9-,19-16-,20-17-,21-18-,28-25-,31-30-,32-26-,33-27-,40-37-,41-38-,49-46-. The van der Waals surface area contributed by atoms with Gasteiger partial charge in [-0.05, 0) is 128 Å². The number of carboxylic acid groups (broad SMARTS) is 1. The van der Waals surface area contributed by atoms with Gasteiger partial charge in [0.2, 0.25) is 0 Å². The van der Waals surface area contributed by atoms with E-state index in [2.05, 4.69) is 161 Å². The fraction of sp³-hybridized carbons (Fsp3) is 0.552. The summed E-state index contributed by atoms with van der Waals surface area (Å²) in [7, 11) is 0. The highest BCUT2D eigenvalue weighted by Gasteiger charge is 2.50. The normalized spacial score (nSPS) is 19.0. The van der Waals surface area contributed by atoms with Gasteiger partial charge in [0.05, 0.1) is 6.61 Å². The molecule has 0 aromatic carbocycles. The van der Waals surface area contributed by atoms with E-state index >= 15 is 0 Å². The van der Waals surface area contributed by atoms with Crippen LogP contribution in [0.4, 0.5) is 0 Å². The van der Waals surface area contributed by atoms with Gasteiger partial charge < -0.3 is 39.0 Å².